The van der Waals surface area contributed by atoms with Crippen molar-refractivity contribution in [3.63, 3.8) is 0 Å². The summed E-state index contributed by atoms with van der Waals surface area (Å²) in [4.78, 5) is 24.8. The number of aliphatic carboxylic acids is 1. The fourth-order valence-corrected chi connectivity index (χ4v) is 2.60. The van der Waals surface area contributed by atoms with Crippen LogP contribution < -0.4 is 4.74 Å². The number of carboxylic acid groups (broad SMARTS) is 1. The van der Waals surface area contributed by atoms with Crippen LogP contribution in [0.2, 0.25) is 0 Å². The van der Waals surface area contributed by atoms with Gasteiger partial charge in [-0.25, -0.2) is 4.79 Å². The molecule has 0 saturated carbocycles. The summed E-state index contributed by atoms with van der Waals surface area (Å²) >= 11 is 0. The Labute approximate surface area is 123 Å². The molecule has 0 spiro atoms. The van der Waals surface area contributed by atoms with Gasteiger partial charge in [0.2, 0.25) is 5.91 Å². The van der Waals surface area contributed by atoms with Crippen LogP contribution in [0.15, 0.2) is 30.3 Å². The molecule has 1 aliphatic rings. The maximum atomic E-state index is 12.3. The Morgan fingerprint density at radius 1 is 1.38 bits per heavy atom. The maximum Gasteiger partial charge on any atom is 0.326 e. The van der Waals surface area contributed by atoms with Gasteiger partial charge in [-0.1, -0.05) is 18.2 Å². The SMILES string of the molecule is COc1ccccc1/C(C)=C/C(=O)N1CCCC1C(=O)O. The van der Waals surface area contributed by atoms with E-state index in [-0.39, 0.29) is 5.91 Å². The highest BCUT2D eigenvalue weighted by Gasteiger charge is 2.33. The summed E-state index contributed by atoms with van der Waals surface area (Å²) in [6.45, 7) is 2.31. The number of carbonyl (C=O) groups is 2. The van der Waals surface area contributed by atoms with Gasteiger partial charge in [0, 0.05) is 18.2 Å². The fourth-order valence-electron chi connectivity index (χ4n) is 2.60. The smallest absolute Gasteiger partial charge is 0.326 e. The Kier molecular flexibility index (Phi) is 4.62. The van der Waals surface area contributed by atoms with Crippen molar-refractivity contribution < 1.29 is 19.4 Å². The van der Waals surface area contributed by atoms with E-state index in [1.165, 1.54) is 11.0 Å². The number of nitrogens with zero attached hydrogens (tertiary/aromatic N) is 1. The minimum Gasteiger partial charge on any atom is -0.496 e. The first kappa shape index (κ1) is 15.1. The number of likely N-dealkylation sites (tertiary alicyclic amines) is 1. The van der Waals surface area contributed by atoms with Crippen LogP contribution >= 0.6 is 0 Å². The molecule has 21 heavy (non-hydrogen) atoms. The molecule has 0 bridgehead atoms. The monoisotopic (exact) mass is 289 g/mol. The van der Waals surface area contributed by atoms with Crippen LogP contribution in [0.1, 0.15) is 25.3 Å². The molecule has 5 heteroatoms. The van der Waals surface area contributed by atoms with Crippen molar-refractivity contribution in [3.05, 3.63) is 35.9 Å². The van der Waals surface area contributed by atoms with Crippen molar-refractivity contribution >= 4 is 17.4 Å². The molecule has 0 radical (unpaired) electrons. The lowest BCUT2D eigenvalue weighted by molar-refractivity contribution is -0.146. The number of carboxylic acids is 1. The molecule has 1 amide bonds. The average molecular weight is 289 g/mol. The van der Waals surface area contributed by atoms with E-state index in [1.807, 2.05) is 31.2 Å². The van der Waals surface area contributed by atoms with Crippen LogP contribution in [-0.2, 0) is 9.59 Å². The van der Waals surface area contributed by atoms with Crippen molar-refractivity contribution in [2.24, 2.45) is 0 Å². The molecule has 2 rings (SSSR count). The van der Waals surface area contributed by atoms with Gasteiger partial charge in [0.05, 0.1) is 7.11 Å². The molecule has 1 saturated heterocycles. The van der Waals surface area contributed by atoms with Gasteiger partial charge in [0.15, 0.2) is 0 Å². The number of rotatable bonds is 4. The quantitative estimate of drug-likeness (QED) is 0.863. The van der Waals surface area contributed by atoms with Crippen LogP contribution in [0, 0.1) is 0 Å². The van der Waals surface area contributed by atoms with E-state index in [1.54, 1.807) is 7.11 Å². The second-order valence-corrected chi connectivity index (χ2v) is 5.06. The summed E-state index contributed by atoms with van der Waals surface area (Å²) in [5.41, 5.74) is 1.59. The third kappa shape index (κ3) is 3.24. The molecule has 1 aromatic carbocycles. The fraction of sp³-hybridized carbons (Fsp3) is 0.375. The first-order chi connectivity index (χ1) is 10.0. The van der Waals surface area contributed by atoms with Gasteiger partial charge in [0.1, 0.15) is 11.8 Å². The minimum atomic E-state index is -0.941. The number of carbonyl (C=O) groups excluding carboxylic acids is 1. The molecule has 1 aliphatic heterocycles. The van der Waals surface area contributed by atoms with Crippen LogP contribution in [0.4, 0.5) is 0 Å². The van der Waals surface area contributed by atoms with Crippen molar-refractivity contribution in [2.45, 2.75) is 25.8 Å². The van der Waals surface area contributed by atoms with E-state index in [0.29, 0.717) is 18.7 Å². The van der Waals surface area contributed by atoms with Gasteiger partial charge in [-0.2, -0.15) is 0 Å². The zero-order valence-corrected chi connectivity index (χ0v) is 12.2. The predicted molar refractivity (Wildman–Crippen MR) is 79.0 cm³/mol. The van der Waals surface area contributed by atoms with E-state index in [9.17, 15) is 9.59 Å². The number of benzene rings is 1. The van der Waals surface area contributed by atoms with Crippen molar-refractivity contribution in [1.82, 2.24) is 4.90 Å². The van der Waals surface area contributed by atoms with Gasteiger partial charge in [0.25, 0.3) is 0 Å². The Morgan fingerprint density at radius 3 is 2.76 bits per heavy atom. The molecule has 5 nitrogen and oxygen atoms in total. The molecular weight excluding hydrogens is 270 g/mol. The number of hydrogen-bond donors (Lipinski definition) is 1. The third-order valence-electron chi connectivity index (χ3n) is 3.69. The molecule has 1 aromatic rings. The number of hydrogen-bond acceptors (Lipinski definition) is 3. The zero-order valence-electron chi connectivity index (χ0n) is 12.2. The average Bonchev–Trinajstić information content (AvgIpc) is 2.96. The first-order valence-corrected chi connectivity index (χ1v) is 6.89. The lowest BCUT2D eigenvalue weighted by Crippen LogP contribution is -2.39. The van der Waals surface area contributed by atoms with Crippen molar-refractivity contribution in [2.75, 3.05) is 13.7 Å². The Hall–Kier alpha value is -2.30. The summed E-state index contributed by atoms with van der Waals surface area (Å²) in [6, 6.07) is 6.72. The highest BCUT2D eigenvalue weighted by molar-refractivity contribution is 5.97. The highest BCUT2D eigenvalue weighted by Crippen LogP contribution is 2.26. The Balaban J connectivity index is 2.22. The van der Waals surface area contributed by atoms with Crippen LogP contribution in [0.3, 0.4) is 0 Å². The van der Waals surface area contributed by atoms with E-state index in [0.717, 1.165) is 17.6 Å². The normalized spacial score (nSPS) is 18.7. The van der Waals surface area contributed by atoms with E-state index < -0.39 is 12.0 Å². The second kappa shape index (κ2) is 6.43. The van der Waals surface area contributed by atoms with E-state index >= 15 is 0 Å². The van der Waals surface area contributed by atoms with Gasteiger partial charge >= 0.3 is 5.97 Å². The third-order valence-corrected chi connectivity index (χ3v) is 3.69. The van der Waals surface area contributed by atoms with Crippen LogP contribution in [0.5, 0.6) is 5.75 Å². The molecule has 1 unspecified atom stereocenters. The molecule has 1 fully saturated rings. The molecule has 0 aliphatic carbocycles. The largest absolute Gasteiger partial charge is 0.496 e. The molecular formula is C16H19NO4. The lowest BCUT2D eigenvalue weighted by Gasteiger charge is -2.20. The van der Waals surface area contributed by atoms with E-state index in [2.05, 4.69) is 0 Å². The van der Waals surface area contributed by atoms with Crippen molar-refractivity contribution in [1.29, 1.82) is 0 Å². The molecule has 1 atom stereocenters. The summed E-state index contributed by atoms with van der Waals surface area (Å²) in [5.74, 6) is -0.511. The van der Waals surface area contributed by atoms with Gasteiger partial charge in [-0.15, -0.1) is 0 Å². The number of ether oxygens (including phenoxy) is 1. The number of methoxy groups -OCH3 is 1. The zero-order chi connectivity index (χ0) is 15.4. The standard InChI is InChI=1S/C16H19NO4/c1-11(12-6-3-4-8-14(12)21-2)10-15(18)17-9-5-7-13(17)16(19)20/h3-4,6,8,10,13H,5,7,9H2,1-2H3,(H,19,20)/b11-10+. The highest BCUT2D eigenvalue weighted by atomic mass is 16.5. The van der Waals surface area contributed by atoms with Gasteiger partial charge in [-0.05, 0) is 31.4 Å². The van der Waals surface area contributed by atoms with Crippen LogP contribution in [0.25, 0.3) is 5.57 Å². The molecule has 1 N–H and O–H groups in total. The summed E-state index contributed by atoms with van der Waals surface area (Å²) in [6.07, 6.45) is 2.73. The summed E-state index contributed by atoms with van der Waals surface area (Å²) < 4.78 is 5.27. The summed E-state index contributed by atoms with van der Waals surface area (Å²) in [7, 11) is 1.58. The molecule has 112 valence electrons. The first-order valence-electron chi connectivity index (χ1n) is 6.89. The molecule has 1 heterocycles. The van der Waals surface area contributed by atoms with Gasteiger partial charge in [-0.3, -0.25) is 4.79 Å². The molecule has 0 aromatic heterocycles. The minimum absolute atomic E-state index is 0.261. The Bertz CT molecular complexity index is 579. The lowest BCUT2D eigenvalue weighted by atomic mass is 10.1. The van der Waals surface area contributed by atoms with Crippen molar-refractivity contribution in [3.8, 4) is 5.75 Å². The topological polar surface area (TPSA) is 66.8 Å². The number of amides is 1. The van der Waals surface area contributed by atoms with E-state index in [4.69, 9.17) is 9.84 Å². The summed E-state index contributed by atoms with van der Waals surface area (Å²) in [5, 5.41) is 9.13. The number of para-hydroxylation sites is 1. The number of allylic oxidation sites excluding steroid dienone is 1. The maximum absolute atomic E-state index is 12.3. The van der Waals surface area contributed by atoms with Gasteiger partial charge < -0.3 is 14.7 Å². The second-order valence-electron chi connectivity index (χ2n) is 5.06. The van der Waals surface area contributed by atoms with Crippen LogP contribution in [-0.4, -0.2) is 41.6 Å². The Morgan fingerprint density at radius 2 is 2.10 bits per heavy atom. The predicted octanol–water partition coefficient (Wildman–Crippen LogP) is 2.17.